The Labute approximate surface area is 216 Å². The zero-order chi connectivity index (χ0) is 26.3. The van der Waals surface area contributed by atoms with E-state index in [1.807, 2.05) is 6.92 Å². The summed E-state index contributed by atoms with van der Waals surface area (Å²) in [5.74, 6) is -0.398. The molecular weight excluding hydrogens is 528 g/mol. The number of carbonyl (C=O) groups excluding carboxylic acids is 2. The van der Waals surface area contributed by atoms with Crippen LogP contribution in [0.3, 0.4) is 0 Å². The monoisotopic (exact) mass is 552 g/mol. The number of esters is 1. The van der Waals surface area contributed by atoms with Crippen molar-refractivity contribution in [3.63, 3.8) is 0 Å². The number of nitrogens with one attached hydrogen (secondary N) is 1. The number of hydrogen-bond acceptors (Lipinski definition) is 11. The van der Waals surface area contributed by atoms with Crippen molar-refractivity contribution < 1.29 is 32.2 Å². The van der Waals surface area contributed by atoms with Crippen molar-refractivity contribution in [1.29, 1.82) is 0 Å². The van der Waals surface area contributed by atoms with Crippen molar-refractivity contribution >= 4 is 55.8 Å². The van der Waals surface area contributed by atoms with Gasteiger partial charge in [0.05, 0.1) is 37.7 Å². The Bertz CT molecular complexity index is 1330. The second-order valence-corrected chi connectivity index (χ2v) is 11.2. The highest BCUT2D eigenvalue weighted by molar-refractivity contribution is 8.01. The van der Waals surface area contributed by atoms with Gasteiger partial charge in [0, 0.05) is 6.07 Å². The molecule has 11 nitrogen and oxygen atoms in total. The van der Waals surface area contributed by atoms with Crippen molar-refractivity contribution in [3.05, 3.63) is 48.0 Å². The molecule has 1 amide bonds. The zero-order valence-corrected chi connectivity index (χ0v) is 22.3. The second-order valence-electron chi connectivity index (χ2n) is 7.15. The smallest absolute Gasteiger partial charge is 0.316 e. The van der Waals surface area contributed by atoms with Crippen LogP contribution in [0.1, 0.15) is 5.56 Å². The predicted octanol–water partition coefficient (Wildman–Crippen LogP) is 2.96. The van der Waals surface area contributed by atoms with Crippen molar-refractivity contribution in [2.75, 3.05) is 43.2 Å². The summed E-state index contributed by atoms with van der Waals surface area (Å²) >= 11 is 2.17. The largest absolute Gasteiger partial charge is 0.493 e. The van der Waals surface area contributed by atoms with Crippen LogP contribution in [-0.4, -0.2) is 64.1 Å². The van der Waals surface area contributed by atoms with Crippen molar-refractivity contribution in [3.8, 4) is 11.5 Å². The molecule has 0 aliphatic rings. The molecular formula is C22H24N4O7S3. The summed E-state index contributed by atoms with van der Waals surface area (Å²) < 4.78 is 43.7. The van der Waals surface area contributed by atoms with E-state index in [0.717, 1.165) is 33.0 Å². The van der Waals surface area contributed by atoms with Crippen LogP contribution in [0, 0.1) is 6.92 Å². The molecule has 0 saturated heterocycles. The van der Waals surface area contributed by atoms with Crippen LogP contribution in [0.25, 0.3) is 0 Å². The fraction of sp³-hybridized carbons (Fsp3) is 0.273. The van der Waals surface area contributed by atoms with Crippen LogP contribution in [0.15, 0.2) is 51.7 Å². The number of benzene rings is 2. The number of hydrogen-bond donors (Lipinski definition) is 1. The lowest BCUT2D eigenvalue weighted by Gasteiger charge is -2.24. The lowest BCUT2D eigenvalue weighted by molar-refractivity contribution is -0.137. The fourth-order valence-electron chi connectivity index (χ4n) is 2.92. The second kappa shape index (κ2) is 12.1. The normalized spacial score (nSPS) is 11.0. The number of rotatable bonds is 11. The summed E-state index contributed by atoms with van der Waals surface area (Å²) in [5, 5.41) is 10.5. The summed E-state index contributed by atoms with van der Waals surface area (Å²) in [7, 11) is -0.0484. The fourth-order valence-corrected chi connectivity index (χ4v) is 5.96. The highest BCUT2D eigenvalue weighted by atomic mass is 32.2. The van der Waals surface area contributed by atoms with E-state index in [1.54, 1.807) is 24.3 Å². The number of amides is 1. The third-order valence-electron chi connectivity index (χ3n) is 4.75. The molecule has 1 N–H and O–H groups in total. The Morgan fingerprint density at radius 2 is 1.72 bits per heavy atom. The van der Waals surface area contributed by atoms with E-state index < -0.39 is 28.4 Å². The molecule has 1 aromatic heterocycles. The molecule has 0 radical (unpaired) electrons. The minimum Gasteiger partial charge on any atom is -0.493 e. The van der Waals surface area contributed by atoms with Gasteiger partial charge in [0.1, 0.15) is 6.54 Å². The molecule has 192 valence electrons. The van der Waals surface area contributed by atoms with E-state index in [4.69, 9.17) is 9.47 Å². The Balaban J connectivity index is 1.86. The predicted molar refractivity (Wildman–Crippen MR) is 137 cm³/mol. The number of anilines is 2. The van der Waals surface area contributed by atoms with Crippen molar-refractivity contribution in [1.82, 2.24) is 10.2 Å². The molecule has 0 unspecified atom stereocenters. The lowest BCUT2D eigenvalue weighted by atomic mass is 10.2. The van der Waals surface area contributed by atoms with Gasteiger partial charge in [-0.1, -0.05) is 40.8 Å². The number of carbonyl (C=O) groups is 2. The Kier molecular flexibility index (Phi) is 9.12. The molecule has 0 spiro atoms. The Morgan fingerprint density at radius 3 is 2.36 bits per heavy atom. The first-order chi connectivity index (χ1) is 17.2. The first kappa shape index (κ1) is 27.2. The van der Waals surface area contributed by atoms with Gasteiger partial charge >= 0.3 is 5.97 Å². The minimum atomic E-state index is -4.18. The molecule has 36 heavy (non-hydrogen) atoms. The average Bonchev–Trinajstić information content (AvgIpc) is 3.32. The highest BCUT2D eigenvalue weighted by Gasteiger charge is 2.29. The summed E-state index contributed by atoms with van der Waals surface area (Å²) in [6, 6.07) is 10.9. The summed E-state index contributed by atoms with van der Waals surface area (Å²) in [6.07, 6.45) is 0. The number of aromatic nitrogens is 2. The molecule has 0 atom stereocenters. The van der Waals surface area contributed by atoms with Gasteiger partial charge in [-0.2, -0.15) is 0 Å². The first-order valence-electron chi connectivity index (χ1n) is 10.3. The Hall–Kier alpha value is -3.36. The molecule has 3 rings (SSSR count). The standard InChI is InChI=1S/C22H24N4O7S3/c1-14-5-7-15(8-6-14)26(36(29,30)16-9-10-17(31-2)18(11-16)32-3)12-19(27)23-21-24-25-22(35-21)34-13-20(28)33-4/h5-11H,12-13H2,1-4H3,(H,23,24,27). The van der Waals surface area contributed by atoms with Gasteiger partial charge in [-0.15, -0.1) is 10.2 Å². The SMILES string of the molecule is COC(=O)CSc1nnc(NC(=O)CN(c2ccc(C)cc2)S(=O)(=O)c2ccc(OC)c(OC)c2)s1. The third-order valence-corrected chi connectivity index (χ3v) is 8.46. The molecule has 0 saturated carbocycles. The number of methoxy groups -OCH3 is 3. The van der Waals surface area contributed by atoms with E-state index in [1.165, 1.54) is 39.5 Å². The van der Waals surface area contributed by atoms with Gasteiger partial charge in [0.15, 0.2) is 15.8 Å². The Morgan fingerprint density at radius 1 is 1.03 bits per heavy atom. The summed E-state index contributed by atoms with van der Waals surface area (Å²) in [6.45, 7) is 1.35. The molecule has 3 aromatic rings. The van der Waals surface area contributed by atoms with Crippen LogP contribution < -0.4 is 19.1 Å². The third kappa shape index (κ3) is 6.65. The molecule has 0 bridgehead atoms. The maximum Gasteiger partial charge on any atom is 0.316 e. The number of thioether (sulfide) groups is 1. The van der Waals surface area contributed by atoms with E-state index in [2.05, 4.69) is 20.3 Å². The zero-order valence-electron chi connectivity index (χ0n) is 19.9. The number of aryl methyl sites for hydroxylation is 1. The molecule has 0 aliphatic carbocycles. The van der Waals surface area contributed by atoms with Crippen LogP contribution >= 0.6 is 23.1 Å². The van der Waals surface area contributed by atoms with Gasteiger partial charge in [-0.05, 0) is 31.2 Å². The van der Waals surface area contributed by atoms with Crippen molar-refractivity contribution in [2.24, 2.45) is 0 Å². The topological polar surface area (TPSA) is 137 Å². The van der Waals surface area contributed by atoms with Gasteiger partial charge in [-0.25, -0.2) is 8.42 Å². The van der Waals surface area contributed by atoms with Crippen molar-refractivity contribution in [2.45, 2.75) is 16.2 Å². The van der Waals surface area contributed by atoms with E-state index in [-0.39, 0.29) is 21.5 Å². The van der Waals surface area contributed by atoms with Crippen LogP contribution in [0.4, 0.5) is 10.8 Å². The molecule has 1 heterocycles. The number of sulfonamides is 1. The lowest BCUT2D eigenvalue weighted by Crippen LogP contribution is -2.38. The van der Waals surface area contributed by atoms with Crippen LogP contribution in [0.5, 0.6) is 11.5 Å². The van der Waals surface area contributed by atoms with Crippen LogP contribution in [0.2, 0.25) is 0 Å². The van der Waals surface area contributed by atoms with E-state index in [0.29, 0.717) is 15.8 Å². The van der Waals surface area contributed by atoms with E-state index >= 15 is 0 Å². The number of ether oxygens (including phenoxy) is 3. The molecule has 0 fully saturated rings. The van der Waals surface area contributed by atoms with E-state index in [9.17, 15) is 18.0 Å². The maximum absolute atomic E-state index is 13.6. The minimum absolute atomic E-state index is 0.0455. The molecule has 0 aliphatic heterocycles. The maximum atomic E-state index is 13.6. The van der Waals surface area contributed by atoms with Gasteiger partial charge < -0.3 is 14.2 Å². The molecule has 2 aromatic carbocycles. The summed E-state index contributed by atoms with van der Waals surface area (Å²) in [5.41, 5.74) is 1.23. The van der Waals surface area contributed by atoms with Gasteiger partial charge in [0.25, 0.3) is 10.0 Å². The summed E-state index contributed by atoms with van der Waals surface area (Å²) in [4.78, 5) is 24.1. The first-order valence-corrected chi connectivity index (χ1v) is 13.6. The van der Waals surface area contributed by atoms with Gasteiger partial charge in [-0.3, -0.25) is 19.2 Å². The number of nitrogens with zero attached hydrogens (tertiary/aromatic N) is 3. The quantitative estimate of drug-likeness (QED) is 0.215. The van der Waals surface area contributed by atoms with Crippen LogP contribution in [-0.2, 0) is 24.3 Å². The van der Waals surface area contributed by atoms with Gasteiger partial charge in [0.2, 0.25) is 11.0 Å². The molecule has 14 heteroatoms. The highest BCUT2D eigenvalue weighted by Crippen LogP contribution is 2.32. The average molecular weight is 553 g/mol.